The molecule has 10 rings (SSSR count). The summed E-state index contributed by atoms with van der Waals surface area (Å²) in [6.45, 7) is 13.9. The van der Waals surface area contributed by atoms with Gasteiger partial charge >= 0.3 is 0 Å². The second kappa shape index (κ2) is 10.8. The number of fused-ring (bicyclic) bond motifs is 15. The Morgan fingerprint density at radius 3 is 1.12 bits per heavy atom. The lowest BCUT2D eigenvalue weighted by Crippen LogP contribution is -2.10. The fourth-order valence-corrected chi connectivity index (χ4v) is 8.69. The summed E-state index contributed by atoms with van der Waals surface area (Å²) in [6.07, 6.45) is 0. The molecule has 4 aromatic heterocycles. The molecule has 0 aliphatic heterocycles. The lowest BCUT2D eigenvalue weighted by Gasteiger charge is -2.21. The normalized spacial score (nSPS) is 12.8. The first kappa shape index (κ1) is 30.9. The number of pyridine rings is 2. The van der Waals surface area contributed by atoms with Crippen molar-refractivity contribution in [2.75, 3.05) is 0 Å². The number of hydrogen-bond acceptors (Lipinski definition) is 0. The molecule has 0 N–H and O–H groups in total. The highest BCUT2D eigenvalue weighted by atomic mass is 15.0. The van der Waals surface area contributed by atoms with Crippen LogP contribution in [0.4, 0.5) is 0 Å². The molecule has 0 unspecified atom stereocenters. The van der Waals surface area contributed by atoms with Crippen LogP contribution in [0.5, 0.6) is 0 Å². The van der Waals surface area contributed by atoms with Crippen molar-refractivity contribution in [1.29, 1.82) is 0 Å². The number of nitrogens with zero attached hydrogens (tertiary/aromatic N) is 2. The Labute approximate surface area is 304 Å². The Morgan fingerprint density at radius 2 is 0.731 bits per heavy atom. The summed E-state index contributed by atoms with van der Waals surface area (Å²) in [6, 6.07) is 54.7. The topological polar surface area (TPSA) is 8.82 Å². The quantitative estimate of drug-likeness (QED) is 0.162. The van der Waals surface area contributed by atoms with Crippen molar-refractivity contribution in [3.05, 3.63) is 157 Å². The lowest BCUT2D eigenvalue weighted by molar-refractivity contribution is 0.591. The molecular weight excluding hydrogens is 629 g/mol. The molecule has 0 saturated carbocycles. The van der Waals surface area contributed by atoms with Gasteiger partial charge in [0.15, 0.2) is 0 Å². The maximum absolute atomic E-state index is 2.55. The Bertz CT molecular complexity index is 2840. The fourth-order valence-electron chi connectivity index (χ4n) is 8.69. The summed E-state index contributed by atoms with van der Waals surface area (Å²) in [7, 11) is 0. The first-order chi connectivity index (χ1) is 25.1. The van der Waals surface area contributed by atoms with E-state index in [0.29, 0.717) is 0 Å². The first-order valence-corrected chi connectivity index (χ1v) is 18.5. The molecule has 4 heterocycles. The molecule has 2 nitrogen and oxygen atoms in total. The van der Waals surface area contributed by atoms with E-state index >= 15 is 0 Å². The van der Waals surface area contributed by atoms with Crippen LogP contribution in [0.3, 0.4) is 0 Å². The molecule has 0 bridgehead atoms. The van der Waals surface area contributed by atoms with Crippen LogP contribution in [0, 0.1) is 0 Å². The number of aromatic nitrogens is 2. The molecule has 0 aliphatic carbocycles. The van der Waals surface area contributed by atoms with Gasteiger partial charge in [-0.2, -0.15) is 0 Å². The second-order valence-electron chi connectivity index (χ2n) is 16.7. The van der Waals surface area contributed by atoms with E-state index in [2.05, 4.69) is 196 Å². The van der Waals surface area contributed by atoms with Crippen molar-refractivity contribution in [1.82, 2.24) is 8.80 Å². The molecule has 10 aromatic rings. The van der Waals surface area contributed by atoms with Crippen LogP contribution < -0.4 is 0 Å². The van der Waals surface area contributed by atoms with Crippen LogP contribution in [0.15, 0.2) is 146 Å². The molecule has 0 atom stereocenters. The average Bonchev–Trinajstić information content (AvgIpc) is 3.71. The van der Waals surface area contributed by atoms with Crippen LogP contribution in [0.25, 0.3) is 87.7 Å². The summed E-state index contributed by atoms with van der Waals surface area (Å²) in [5.74, 6) is 0. The molecule has 0 spiro atoms. The molecule has 0 fully saturated rings. The van der Waals surface area contributed by atoms with E-state index < -0.39 is 0 Å². The Morgan fingerprint density at radius 1 is 0.327 bits per heavy atom. The van der Waals surface area contributed by atoms with Gasteiger partial charge in [-0.3, -0.25) is 0 Å². The standard InChI is InChI=1S/C50H42N2/c1-49(2,3)33-23-25-41-39(27-33)37-21-13-19-35(31-15-9-7-10-16-31)47(37)45-30-44-43(51(41)45)29-46-48-36(32-17-11-8-12-18-32)20-14-22-38(48)40-28-34(50(4,5)6)24-26-42(40)52(44)46/h7-30H,1-6H3. The minimum atomic E-state index is 0.0287. The van der Waals surface area contributed by atoms with Crippen molar-refractivity contribution in [2.24, 2.45) is 0 Å². The van der Waals surface area contributed by atoms with Crippen molar-refractivity contribution < 1.29 is 0 Å². The summed E-state index contributed by atoms with van der Waals surface area (Å²) >= 11 is 0. The van der Waals surface area contributed by atoms with Crippen molar-refractivity contribution in [2.45, 2.75) is 52.4 Å². The van der Waals surface area contributed by atoms with Crippen molar-refractivity contribution in [3.63, 3.8) is 0 Å². The Kier molecular flexibility index (Phi) is 6.44. The smallest absolute Gasteiger partial charge is 0.0724 e. The van der Waals surface area contributed by atoms with Gasteiger partial charge in [0.25, 0.3) is 0 Å². The van der Waals surface area contributed by atoms with Crippen molar-refractivity contribution in [3.8, 4) is 22.3 Å². The Balaban J connectivity index is 1.46. The molecule has 0 radical (unpaired) electrons. The van der Waals surface area contributed by atoms with Gasteiger partial charge in [-0.25, -0.2) is 0 Å². The number of benzene rings is 6. The van der Waals surface area contributed by atoms with Crippen LogP contribution >= 0.6 is 0 Å². The molecule has 252 valence electrons. The largest absolute Gasteiger partial charge is 0.307 e. The molecule has 0 aliphatic rings. The number of rotatable bonds is 2. The van der Waals surface area contributed by atoms with Crippen LogP contribution in [0.1, 0.15) is 52.7 Å². The summed E-state index contributed by atoms with van der Waals surface area (Å²) in [5.41, 5.74) is 15.1. The monoisotopic (exact) mass is 670 g/mol. The lowest BCUT2D eigenvalue weighted by atomic mass is 9.85. The predicted molar refractivity (Wildman–Crippen MR) is 224 cm³/mol. The zero-order chi connectivity index (χ0) is 35.5. The van der Waals surface area contributed by atoms with Crippen LogP contribution in [-0.2, 0) is 10.8 Å². The predicted octanol–water partition coefficient (Wildman–Crippen LogP) is 13.9. The maximum Gasteiger partial charge on any atom is 0.0724 e. The van der Waals surface area contributed by atoms with Gasteiger partial charge in [-0.05, 0) is 91.4 Å². The third-order valence-electron chi connectivity index (χ3n) is 11.4. The van der Waals surface area contributed by atoms with Gasteiger partial charge in [0.2, 0.25) is 0 Å². The van der Waals surface area contributed by atoms with Gasteiger partial charge in [-0.15, -0.1) is 0 Å². The molecular formula is C50H42N2. The SMILES string of the molecule is CC(C)(C)c1ccc2c(c1)c1cccc(-c3ccccc3)c1c1cc3c(cc4c5c(-c6ccccc6)cccc5c5cc(C(C)(C)C)ccc5n43)n21. The van der Waals surface area contributed by atoms with Crippen LogP contribution in [0.2, 0.25) is 0 Å². The van der Waals surface area contributed by atoms with Gasteiger partial charge in [-0.1, -0.05) is 151 Å². The zero-order valence-corrected chi connectivity index (χ0v) is 30.8. The van der Waals surface area contributed by atoms with Crippen molar-refractivity contribution >= 4 is 65.4 Å². The van der Waals surface area contributed by atoms with E-state index in [-0.39, 0.29) is 10.8 Å². The average molecular weight is 671 g/mol. The van der Waals surface area contributed by atoms with Crippen LogP contribution in [-0.4, -0.2) is 8.80 Å². The van der Waals surface area contributed by atoms with E-state index in [9.17, 15) is 0 Å². The second-order valence-corrected chi connectivity index (χ2v) is 16.7. The van der Waals surface area contributed by atoms with Gasteiger partial charge < -0.3 is 8.80 Å². The molecule has 6 aromatic carbocycles. The molecule has 0 saturated heterocycles. The highest BCUT2D eigenvalue weighted by Crippen LogP contribution is 2.45. The maximum atomic E-state index is 2.55. The van der Waals surface area contributed by atoms with E-state index in [0.717, 1.165) is 0 Å². The Hall–Kier alpha value is -5.86. The summed E-state index contributed by atoms with van der Waals surface area (Å²) in [5, 5.41) is 7.75. The zero-order valence-electron chi connectivity index (χ0n) is 30.8. The third kappa shape index (κ3) is 4.43. The van der Waals surface area contributed by atoms with E-state index in [4.69, 9.17) is 0 Å². The minimum Gasteiger partial charge on any atom is -0.307 e. The molecule has 0 amide bonds. The molecule has 52 heavy (non-hydrogen) atoms. The number of hydrogen-bond donors (Lipinski definition) is 0. The first-order valence-electron chi connectivity index (χ1n) is 18.5. The van der Waals surface area contributed by atoms with Gasteiger partial charge in [0, 0.05) is 21.5 Å². The third-order valence-corrected chi connectivity index (χ3v) is 11.4. The summed E-state index contributed by atoms with van der Waals surface area (Å²) in [4.78, 5) is 0. The van der Waals surface area contributed by atoms with Gasteiger partial charge in [0.1, 0.15) is 0 Å². The van der Waals surface area contributed by atoms with Gasteiger partial charge in [0.05, 0.1) is 33.1 Å². The van der Waals surface area contributed by atoms with E-state index in [1.54, 1.807) is 0 Å². The fraction of sp³-hybridized carbons (Fsp3) is 0.160. The van der Waals surface area contributed by atoms with E-state index in [1.807, 2.05) is 0 Å². The molecule has 2 heteroatoms. The summed E-state index contributed by atoms with van der Waals surface area (Å²) < 4.78 is 5.09. The van der Waals surface area contributed by atoms with E-state index in [1.165, 1.54) is 98.8 Å². The highest BCUT2D eigenvalue weighted by Gasteiger charge is 2.24. The minimum absolute atomic E-state index is 0.0287. The highest BCUT2D eigenvalue weighted by molar-refractivity contribution is 6.23.